The van der Waals surface area contributed by atoms with Gasteiger partial charge in [-0.15, -0.1) is 0 Å². The first-order valence-electron chi connectivity index (χ1n) is 6.68. The molecule has 0 aliphatic heterocycles. The Morgan fingerprint density at radius 1 is 1.10 bits per heavy atom. The Bertz CT molecular complexity index is 755. The lowest BCUT2D eigenvalue weighted by molar-refractivity contribution is 0.601. The second-order valence-electron chi connectivity index (χ2n) is 5.29. The van der Waals surface area contributed by atoms with Crippen molar-refractivity contribution in [2.45, 2.75) is 31.6 Å². The van der Waals surface area contributed by atoms with Crippen LogP contribution in [0.2, 0.25) is 0 Å². The maximum absolute atomic E-state index is 12.4. The van der Waals surface area contributed by atoms with Gasteiger partial charge in [0, 0.05) is 10.2 Å². The average molecular weight is 368 g/mol. The summed E-state index contributed by atoms with van der Waals surface area (Å²) in [5, 5.41) is 0. The van der Waals surface area contributed by atoms with Gasteiger partial charge in [-0.05, 0) is 54.3 Å². The van der Waals surface area contributed by atoms with Crippen LogP contribution >= 0.6 is 15.9 Å². The minimum atomic E-state index is -3.57. The summed E-state index contributed by atoms with van der Waals surface area (Å²) in [5.74, 6) is 0.417. The van der Waals surface area contributed by atoms with E-state index in [2.05, 4.69) is 34.5 Å². The number of benzene rings is 2. The molecule has 21 heavy (non-hydrogen) atoms. The van der Waals surface area contributed by atoms with Crippen molar-refractivity contribution in [1.29, 1.82) is 0 Å². The monoisotopic (exact) mass is 367 g/mol. The number of aryl methyl sites for hydroxylation is 1. The molecular weight excluding hydrogens is 350 g/mol. The zero-order chi connectivity index (χ0) is 15.6. The molecule has 0 saturated carbocycles. The Morgan fingerprint density at radius 2 is 1.81 bits per heavy atom. The quantitative estimate of drug-likeness (QED) is 0.852. The van der Waals surface area contributed by atoms with Gasteiger partial charge in [-0.3, -0.25) is 4.72 Å². The number of sulfonamides is 1. The van der Waals surface area contributed by atoms with E-state index >= 15 is 0 Å². The van der Waals surface area contributed by atoms with Crippen molar-refractivity contribution in [2.75, 3.05) is 4.72 Å². The molecule has 0 saturated heterocycles. The van der Waals surface area contributed by atoms with Gasteiger partial charge in [0.1, 0.15) is 0 Å². The molecule has 0 atom stereocenters. The third-order valence-corrected chi connectivity index (χ3v) is 5.12. The first-order valence-corrected chi connectivity index (χ1v) is 8.96. The van der Waals surface area contributed by atoms with E-state index in [9.17, 15) is 8.42 Å². The molecule has 0 spiro atoms. The highest BCUT2D eigenvalue weighted by atomic mass is 79.9. The van der Waals surface area contributed by atoms with Crippen molar-refractivity contribution < 1.29 is 8.42 Å². The van der Waals surface area contributed by atoms with Gasteiger partial charge in [0.2, 0.25) is 0 Å². The summed E-state index contributed by atoms with van der Waals surface area (Å²) in [6, 6.07) is 12.3. The average Bonchev–Trinajstić information content (AvgIpc) is 2.37. The lowest BCUT2D eigenvalue weighted by Crippen LogP contribution is -2.13. The third kappa shape index (κ3) is 3.86. The summed E-state index contributed by atoms with van der Waals surface area (Å²) in [6.45, 7) is 6.23. The molecule has 0 heterocycles. The number of anilines is 1. The smallest absolute Gasteiger partial charge is 0.261 e. The minimum absolute atomic E-state index is 0.238. The number of nitrogens with one attached hydrogen (secondary N) is 1. The van der Waals surface area contributed by atoms with E-state index in [-0.39, 0.29) is 4.90 Å². The van der Waals surface area contributed by atoms with Gasteiger partial charge in [0.15, 0.2) is 0 Å². The van der Waals surface area contributed by atoms with Gasteiger partial charge in [-0.2, -0.15) is 0 Å². The molecule has 2 aromatic carbocycles. The summed E-state index contributed by atoms with van der Waals surface area (Å²) in [4.78, 5) is 0.238. The van der Waals surface area contributed by atoms with Crippen molar-refractivity contribution >= 4 is 31.6 Å². The van der Waals surface area contributed by atoms with E-state index in [1.165, 1.54) is 5.56 Å². The lowest BCUT2D eigenvalue weighted by atomic mass is 9.98. The fourth-order valence-electron chi connectivity index (χ4n) is 2.24. The molecule has 2 rings (SSSR count). The molecule has 0 aromatic heterocycles. The van der Waals surface area contributed by atoms with E-state index in [1.54, 1.807) is 30.3 Å². The van der Waals surface area contributed by atoms with E-state index in [4.69, 9.17) is 0 Å². The number of halogens is 1. The highest BCUT2D eigenvalue weighted by Crippen LogP contribution is 2.24. The predicted molar refractivity (Wildman–Crippen MR) is 90.2 cm³/mol. The SMILES string of the molecule is Cc1cc(NS(=O)(=O)c2cccc(Br)c2)ccc1C(C)C. The molecule has 3 nitrogen and oxygen atoms in total. The van der Waals surface area contributed by atoms with Crippen LogP contribution < -0.4 is 4.72 Å². The number of hydrogen-bond donors (Lipinski definition) is 1. The third-order valence-electron chi connectivity index (χ3n) is 3.25. The molecule has 0 aliphatic rings. The molecule has 0 radical (unpaired) electrons. The van der Waals surface area contributed by atoms with Crippen LogP contribution in [0.1, 0.15) is 30.9 Å². The Kier molecular flexibility index (Phi) is 4.74. The molecule has 0 aliphatic carbocycles. The Balaban J connectivity index is 2.31. The summed E-state index contributed by atoms with van der Waals surface area (Å²) in [5.41, 5.74) is 2.89. The summed E-state index contributed by atoms with van der Waals surface area (Å²) in [7, 11) is -3.57. The van der Waals surface area contributed by atoms with Crippen LogP contribution in [0.15, 0.2) is 51.8 Å². The molecule has 2 aromatic rings. The molecule has 5 heteroatoms. The molecule has 0 amide bonds. The van der Waals surface area contributed by atoms with Crippen molar-refractivity contribution in [3.63, 3.8) is 0 Å². The predicted octanol–water partition coefficient (Wildman–Crippen LogP) is 4.68. The van der Waals surface area contributed by atoms with Crippen molar-refractivity contribution in [2.24, 2.45) is 0 Å². The van der Waals surface area contributed by atoms with Crippen LogP contribution in [-0.4, -0.2) is 8.42 Å². The van der Waals surface area contributed by atoms with Crippen molar-refractivity contribution in [3.8, 4) is 0 Å². The van der Waals surface area contributed by atoms with E-state index in [0.717, 1.165) is 10.0 Å². The molecular formula is C16H18BrNO2S. The molecule has 0 bridgehead atoms. The second-order valence-corrected chi connectivity index (χ2v) is 7.89. The summed E-state index contributed by atoms with van der Waals surface area (Å²) in [6.07, 6.45) is 0. The first kappa shape index (κ1) is 16.0. The highest BCUT2D eigenvalue weighted by Gasteiger charge is 2.15. The van der Waals surface area contributed by atoms with Crippen molar-refractivity contribution in [3.05, 3.63) is 58.1 Å². The van der Waals surface area contributed by atoms with Crippen LogP contribution in [0, 0.1) is 6.92 Å². The molecule has 112 valence electrons. The van der Waals surface area contributed by atoms with Crippen LogP contribution in [0.4, 0.5) is 5.69 Å². The number of hydrogen-bond acceptors (Lipinski definition) is 2. The zero-order valence-corrected chi connectivity index (χ0v) is 14.6. The Hall–Kier alpha value is -1.33. The largest absolute Gasteiger partial charge is 0.280 e. The van der Waals surface area contributed by atoms with Crippen LogP contribution in [0.3, 0.4) is 0 Å². The van der Waals surface area contributed by atoms with Gasteiger partial charge < -0.3 is 0 Å². The van der Waals surface area contributed by atoms with Crippen LogP contribution in [-0.2, 0) is 10.0 Å². The Labute approximate surface area is 134 Å². The van der Waals surface area contributed by atoms with Crippen molar-refractivity contribution in [1.82, 2.24) is 0 Å². The summed E-state index contributed by atoms with van der Waals surface area (Å²) >= 11 is 3.28. The minimum Gasteiger partial charge on any atom is -0.280 e. The number of rotatable bonds is 4. The van der Waals surface area contributed by atoms with E-state index < -0.39 is 10.0 Å². The molecule has 0 fully saturated rings. The van der Waals surface area contributed by atoms with Gasteiger partial charge in [-0.25, -0.2) is 8.42 Å². The van der Waals surface area contributed by atoms with Gasteiger partial charge in [0.25, 0.3) is 10.0 Å². The maximum atomic E-state index is 12.4. The fourth-order valence-corrected chi connectivity index (χ4v) is 3.88. The van der Waals surface area contributed by atoms with E-state index in [1.807, 2.05) is 19.1 Å². The van der Waals surface area contributed by atoms with E-state index in [0.29, 0.717) is 11.6 Å². The zero-order valence-electron chi connectivity index (χ0n) is 12.2. The standard InChI is InChI=1S/C16H18BrNO2S/c1-11(2)16-8-7-14(9-12(16)3)18-21(19,20)15-6-4-5-13(17)10-15/h4-11,18H,1-3H3. The molecule has 0 unspecified atom stereocenters. The fraction of sp³-hybridized carbons (Fsp3) is 0.250. The van der Waals surface area contributed by atoms with Crippen LogP contribution in [0.25, 0.3) is 0 Å². The highest BCUT2D eigenvalue weighted by molar-refractivity contribution is 9.10. The Morgan fingerprint density at radius 3 is 2.38 bits per heavy atom. The lowest BCUT2D eigenvalue weighted by Gasteiger charge is -2.13. The molecule has 1 N–H and O–H groups in total. The van der Waals surface area contributed by atoms with Gasteiger partial charge in [-0.1, -0.05) is 41.9 Å². The van der Waals surface area contributed by atoms with Crippen LogP contribution in [0.5, 0.6) is 0 Å². The maximum Gasteiger partial charge on any atom is 0.261 e. The summed E-state index contributed by atoms with van der Waals surface area (Å²) < 4.78 is 28.1. The first-order chi connectivity index (χ1) is 9.79. The topological polar surface area (TPSA) is 46.2 Å². The van der Waals surface area contributed by atoms with Gasteiger partial charge >= 0.3 is 0 Å². The van der Waals surface area contributed by atoms with Gasteiger partial charge in [0.05, 0.1) is 4.90 Å². The second kappa shape index (κ2) is 6.20. The normalized spacial score (nSPS) is 11.7.